The van der Waals surface area contributed by atoms with E-state index in [1.807, 2.05) is 0 Å². The molecule has 0 bridgehead atoms. The van der Waals surface area contributed by atoms with Crippen LogP contribution in [0.15, 0.2) is 0 Å². The lowest BCUT2D eigenvalue weighted by molar-refractivity contribution is -0.167. The highest BCUT2D eigenvalue weighted by Gasteiger charge is 2.19. The van der Waals surface area contributed by atoms with Crippen molar-refractivity contribution < 1.29 is 28.6 Å². The number of ether oxygens (including phenoxy) is 3. The van der Waals surface area contributed by atoms with Crippen molar-refractivity contribution in [1.82, 2.24) is 0 Å². The lowest BCUT2D eigenvalue weighted by Gasteiger charge is -2.18. The molecule has 1 atom stereocenters. The van der Waals surface area contributed by atoms with E-state index in [2.05, 4.69) is 27.7 Å². The Hall–Kier alpha value is -1.59. The predicted octanol–water partition coefficient (Wildman–Crippen LogP) is 20.2. The molecule has 398 valence electrons. The van der Waals surface area contributed by atoms with Crippen molar-refractivity contribution >= 4 is 17.9 Å². The second-order valence-corrected chi connectivity index (χ2v) is 21.5. The number of carbonyl (C=O) groups excluding carboxylic acids is 3. The van der Waals surface area contributed by atoms with E-state index in [-0.39, 0.29) is 31.1 Å². The summed E-state index contributed by atoms with van der Waals surface area (Å²) < 4.78 is 16.9. The van der Waals surface area contributed by atoms with Crippen LogP contribution in [0.4, 0.5) is 0 Å². The Morgan fingerprint density at radius 3 is 0.731 bits per heavy atom. The number of unbranched alkanes of at least 4 members (excludes halogenated alkanes) is 43. The third kappa shape index (κ3) is 55.2. The maximum Gasteiger partial charge on any atom is 0.306 e. The molecule has 0 saturated heterocycles. The van der Waals surface area contributed by atoms with Gasteiger partial charge in [0.1, 0.15) is 13.2 Å². The molecule has 0 unspecified atom stereocenters. The van der Waals surface area contributed by atoms with Gasteiger partial charge in [-0.25, -0.2) is 0 Å². The van der Waals surface area contributed by atoms with E-state index in [1.54, 1.807) is 0 Å². The first kappa shape index (κ1) is 65.4. The van der Waals surface area contributed by atoms with Crippen LogP contribution in [0, 0.1) is 5.92 Å². The maximum absolute atomic E-state index is 12.8. The Morgan fingerprint density at radius 1 is 0.284 bits per heavy atom. The van der Waals surface area contributed by atoms with Crippen molar-refractivity contribution in [1.29, 1.82) is 0 Å². The third-order valence-electron chi connectivity index (χ3n) is 14.0. The Balaban J connectivity index is 4.26. The van der Waals surface area contributed by atoms with Crippen molar-refractivity contribution in [2.24, 2.45) is 5.92 Å². The van der Waals surface area contributed by atoms with E-state index < -0.39 is 6.10 Å². The molecule has 0 aromatic heterocycles. The molecule has 67 heavy (non-hydrogen) atoms. The molecule has 0 rings (SSSR count). The fourth-order valence-electron chi connectivity index (χ4n) is 9.46. The van der Waals surface area contributed by atoms with Gasteiger partial charge in [-0.2, -0.15) is 0 Å². The topological polar surface area (TPSA) is 78.9 Å². The monoisotopic (exact) mass is 947 g/mol. The summed E-state index contributed by atoms with van der Waals surface area (Å²) >= 11 is 0. The smallest absolute Gasteiger partial charge is 0.306 e. The van der Waals surface area contributed by atoms with Gasteiger partial charge in [0, 0.05) is 19.3 Å². The Labute approximate surface area is 418 Å². The summed E-state index contributed by atoms with van der Waals surface area (Å²) in [6, 6.07) is 0. The quantitative estimate of drug-likeness (QED) is 0.0343. The predicted molar refractivity (Wildman–Crippen MR) is 289 cm³/mol. The first-order chi connectivity index (χ1) is 32.9. The molecule has 0 saturated carbocycles. The van der Waals surface area contributed by atoms with Crippen LogP contribution in [-0.2, 0) is 28.6 Å². The molecule has 6 heteroatoms. The summed E-state index contributed by atoms with van der Waals surface area (Å²) in [6.07, 6.45) is 61.0. The highest BCUT2D eigenvalue weighted by molar-refractivity contribution is 5.71. The minimum absolute atomic E-state index is 0.0614. The van der Waals surface area contributed by atoms with Crippen molar-refractivity contribution in [2.75, 3.05) is 13.2 Å². The van der Waals surface area contributed by atoms with Gasteiger partial charge in [0.15, 0.2) is 6.10 Å². The fraction of sp³-hybridized carbons (Fsp3) is 0.951. The summed E-state index contributed by atoms with van der Waals surface area (Å²) in [5, 5.41) is 0. The van der Waals surface area contributed by atoms with E-state index in [0.717, 1.165) is 63.7 Å². The van der Waals surface area contributed by atoms with E-state index in [0.29, 0.717) is 19.3 Å². The Kier molecular flexibility index (Phi) is 54.0. The molecular weight excluding hydrogens is 829 g/mol. The Morgan fingerprint density at radius 2 is 0.493 bits per heavy atom. The molecule has 0 radical (unpaired) electrons. The van der Waals surface area contributed by atoms with E-state index >= 15 is 0 Å². The number of carbonyl (C=O) groups is 3. The number of rotatable bonds is 56. The number of hydrogen-bond donors (Lipinski definition) is 0. The standard InChI is InChI=1S/C61H118O6/c1-5-7-9-11-13-15-17-19-20-21-22-25-29-32-36-40-44-48-52-59(62)65-55-58(67-61(64)54-50-46-42-38-34-27-18-16-14-12-10-8-6-2)56-66-60(63)53-49-45-41-37-33-30-26-23-24-28-31-35-39-43-47-51-57(3)4/h57-58H,5-56H2,1-4H3/t58-/m0/s1. The Bertz CT molecular complexity index is 1010. The summed E-state index contributed by atoms with van der Waals surface area (Å²) in [7, 11) is 0. The highest BCUT2D eigenvalue weighted by atomic mass is 16.6. The van der Waals surface area contributed by atoms with Crippen LogP contribution in [0.2, 0.25) is 0 Å². The van der Waals surface area contributed by atoms with Crippen molar-refractivity contribution in [3.05, 3.63) is 0 Å². The van der Waals surface area contributed by atoms with Crippen molar-refractivity contribution in [3.63, 3.8) is 0 Å². The lowest BCUT2D eigenvalue weighted by Crippen LogP contribution is -2.30. The molecule has 0 spiro atoms. The molecule has 0 amide bonds. The van der Waals surface area contributed by atoms with Crippen LogP contribution in [0.1, 0.15) is 349 Å². The molecule has 0 fully saturated rings. The lowest BCUT2D eigenvalue weighted by atomic mass is 10.0. The second-order valence-electron chi connectivity index (χ2n) is 21.5. The zero-order chi connectivity index (χ0) is 48.8. The molecule has 0 N–H and O–H groups in total. The van der Waals surface area contributed by atoms with E-state index in [9.17, 15) is 14.4 Å². The number of esters is 3. The molecule has 0 aliphatic carbocycles. The zero-order valence-corrected chi connectivity index (χ0v) is 45.9. The van der Waals surface area contributed by atoms with Crippen LogP contribution in [0.3, 0.4) is 0 Å². The van der Waals surface area contributed by atoms with E-state index in [4.69, 9.17) is 14.2 Å². The van der Waals surface area contributed by atoms with E-state index in [1.165, 1.54) is 244 Å². The molecule has 0 aliphatic rings. The maximum atomic E-state index is 12.8. The molecule has 0 aliphatic heterocycles. The van der Waals surface area contributed by atoms with Gasteiger partial charge in [0.25, 0.3) is 0 Å². The largest absolute Gasteiger partial charge is 0.462 e. The fourth-order valence-corrected chi connectivity index (χ4v) is 9.46. The summed E-state index contributed by atoms with van der Waals surface area (Å²) in [5.74, 6) is 0.0177. The summed E-state index contributed by atoms with van der Waals surface area (Å²) in [5.41, 5.74) is 0. The molecule has 0 aromatic rings. The normalized spacial score (nSPS) is 12.0. The van der Waals surface area contributed by atoms with Gasteiger partial charge in [-0.3, -0.25) is 14.4 Å². The van der Waals surface area contributed by atoms with Gasteiger partial charge in [-0.15, -0.1) is 0 Å². The van der Waals surface area contributed by atoms with Crippen molar-refractivity contribution in [3.8, 4) is 0 Å². The molecule has 0 heterocycles. The summed E-state index contributed by atoms with van der Waals surface area (Å²) in [6.45, 7) is 9.08. The SMILES string of the molecule is CCCCCCCCCCCCCCCCCCCCC(=O)OC[C@@H](COC(=O)CCCCCCCCCCCCCCCCCC(C)C)OC(=O)CCCCCCCCCCCCCCC. The van der Waals surface area contributed by atoms with Gasteiger partial charge in [0.05, 0.1) is 0 Å². The van der Waals surface area contributed by atoms with Gasteiger partial charge in [-0.1, -0.05) is 310 Å². The van der Waals surface area contributed by atoms with Crippen LogP contribution in [-0.4, -0.2) is 37.2 Å². The van der Waals surface area contributed by atoms with Gasteiger partial charge in [-0.05, 0) is 25.2 Å². The second kappa shape index (κ2) is 55.3. The zero-order valence-electron chi connectivity index (χ0n) is 45.9. The van der Waals surface area contributed by atoms with Crippen molar-refractivity contribution in [2.45, 2.75) is 355 Å². The van der Waals surface area contributed by atoms with Gasteiger partial charge < -0.3 is 14.2 Å². The van der Waals surface area contributed by atoms with Crippen LogP contribution >= 0.6 is 0 Å². The first-order valence-corrected chi connectivity index (χ1v) is 30.4. The van der Waals surface area contributed by atoms with Crippen LogP contribution in [0.5, 0.6) is 0 Å². The molecule has 6 nitrogen and oxygen atoms in total. The number of hydrogen-bond acceptors (Lipinski definition) is 6. The minimum atomic E-state index is -0.762. The van der Waals surface area contributed by atoms with Crippen LogP contribution < -0.4 is 0 Å². The molecule has 0 aromatic carbocycles. The first-order valence-electron chi connectivity index (χ1n) is 30.4. The van der Waals surface area contributed by atoms with Gasteiger partial charge in [0.2, 0.25) is 0 Å². The average Bonchev–Trinajstić information content (AvgIpc) is 3.31. The third-order valence-corrected chi connectivity index (χ3v) is 14.0. The molecular formula is C61H118O6. The summed E-state index contributed by atoms with van der Waals surface area (Å²) in [4.78, 5) is 38.2. The van der Waals surface area contributed by atoms with Crippen LogP contribution in [0.25, 0.3) is 0 Å². The highest BCUT2D eigenvalue weighted by Crippen LogP contribution is 2.18. The minimum Gasteiger partial charge on any atom is -0.462 e. The van der Waals surface area contributed by atoms with Gasteiger partial charge >= 0.3 is 17.9 Å². The average molecular weight is 948 g/mol.